The number of rotatable bonds is 18. The highest BCUT2D eigenvalue weighted by Gasteiger charge is 2.02. The quantitative estimate of drug-likeness (QED) is 0.312. The van der Waals surface area contributed by atoms with Crippen molar-refractivity contribution in [3.8, 4) is 0 Å². The van der Waals surface area contributed by atoms with Gasteiger partial charge in [0.25, 0.3) is 0 Å². The molecule has 0 aromatic heterocycles. The van der Waals surface area contributed by atoms with Crippen molar-refractivity contribution in [2.45, 2.75) is 123 Å². The van der Waals surface area contributed by atoms with E-state index in [4.69, 9.17) is 5.11 Å². The number of carbonyl (C=O) groups excluding carboxylic acids is 1. The Kier molecular flexibility index (Phi) is 18.3. The van der Waals surface area contributed by atoms with Gasteiger partial charge in [-0.25, -0.2) is 0 Å². The van der Waals surface area contributed by atoms with Gasteiger partial charge in [-0.15, -0.1) is 0 Å². The number of hydrogen-bond donors (Lipinski definition) is 2. The fourth-order valence-electron chi connectivity index (χ4n) is 3.09. The Hall–Kier alpha value is -0.570. The van der Waals surface area contributed by atoms with E-state index in [9.17, 15) is 4.79 Å². The minimum absolute atomic E-state index is 0.207. The molecule has 0 spiro atoms. The Morgan fingerprint density at radius 1 is 0.667 bits per heavy atom. The van der Waals surface area contributed by atoms with Crippen LogP contribution in [-0.2, 0) is 4.79 Å². The summed E-state index contributed by atoms with van der Waals surface area (Å²) in [5.74, 6) is 0.207. The van der Waals surface area contributed by atoms with E-state index in [0.717, 1.165) is 12.8 Å². The first-order valence-corrected chi connectivity index (χ1v) is 10.6. The first-order valence-electron chi connectivity index (χ1n) is 10.6. The smallest absolute Gasteiger partial charge is 0.220 e. The molecule has 0 fully saturated rings. The van der Waals surface area contributed by atoms with E-state index in [-0.39, 0.29) is 11.9 Å². The van der Waals surface area contributed by atoms with E-state index < -0.39 is 0 Å². The minimum Gasteiger partial charge on any atom is -0.396 e. The van der Waals surface area contributed by atoms with Crippen LogP contribution in [0.25, 0.3) is 0 Å². The Morgan fingerprint density at radius 3 is 1.33 bits per heavy atom. The molecular weight excluding hydrogens is 298 g/mol. The molecular formula is C21H43NO2. The molecule has 0 unspecified atom stereocenters. The zero-order valence-corrected chi connectivity index (χ0v) is 16.5. The maximum atomic E-state index is 11.5. The van der Waals surface area contributed by atoms with Gasteiger partial charge in [0, 0.05) is 19.1 Å². The van der Waals surface area contributed by atoms with Crippen LogP contribution in [0, 0.1) is 0 Å². The largest absolute Gasteiger partial charge is 0.396 e. The molecule has 0 bridgehead atoms. The van der Waals surface area contributed by atoms with Crippen LogP contribution >= 0.6 is 0 Å². The predicted molar refractivity (Wildman–Crippen MR) is 104 cm³/mol. The topological polar surface area (TPSA) is 49.3 Å². The van der Waals surface area contributed by atoms with Crippen LogP contribution < -0.4 is 5.32 Å². The highest BCUT2D eigenvalue weighted by molar-refractivity contribution is 5.76. The van der Waals surface area contributed by atoms with Crippen LogP contribution in [0.4, 0.5) is 0 Å². The normalized spacial score (nSPS) is 11.2. The Bertz CT molecular complexity index is 267. The molecule has 144 valence electrons. The molecule has 0 aliphatic rings. The van der Waals surface area contributed by atoms with Gasteiger partial charge in [0.15, 0.2) is 0 Å². The Morgan fingerprint density at radius 2 is 1.00 bits per heavy atom. The SMILES string of the molecule is CC(C)NC(=O)CCCCCCCCCCCCCCCCCO. The van der Waals surface area contributed by atoms with Gasteiger partial charge >= 0.3 is 0 Å². The molecule has 1 amide bonds. The second-order valence-corrected chi connectivity index (χ2v) is 7.50. The van der Waals surface area contributed by atoms with Crippen LogP contribution in [0.5, 0.6) is 0 Å². The molecule has 3 heteroatoms. The second kappa shape index (κ2) is 18.8. The number of aliphatic hydroxyl groups is 1. The fraction of sp³-hybridized carbons (Fsp3) is 0.952. The van der Waals surface area contributed by atoms with E-state index in [1.807, 2.05) is 13.8 Å². The van der Waals surface area contributed by atoms with Gasteiger partial charge in [-0.3, -0.25) is 4.79 Å². The van der Waals surface area contributed by atoms with Crippen molar-refractivity contribution in [3.05, 3.63) is 0 Å². The summed E-state index contributed by atoms with van der Waals surface area (Å²) in [7, 11) is 0. The minimum atomic E-state index is 0.207. The average Bonchev–Trinajstić information content (AvgIpc) is 2.53. The van der Waals surface area contributed by atoms with Crippen molar-refractivity contribution in [1.82, 2.24) is 5.32 Å². The molecule has 0 aromatic rings. The highest BCUT2D eigenvalue weighted by atomic mass is 16.2. The molecule has 0 saturated heterocycles. The van der Waals surface area contributed by atoms with Crippen molar-refractivity contribution in [2.24, 2.45) is 0 Å². The standard InChI is InChI=1S/C21H43NO2/c1-20(2)22-21(24)18-16-14-12-10-8-6-4-3-5-7-9-11-13-15-17-19-23/h20,23H,3-19H2,1-2H3,(H,22,24). The summed E-state index contributed by atoms with van der Waals surface area (Å²) in [6, 6.07) is 0.267. The molecule has 0 radical (unpaired) electrons. The molecule has 0 aromatic carbocycles. The number of hydrogen-bond acceptors (Lipinski definition) is 2. The first-order chi connectivity index (χ1) is 11.7. The number of carbonyl (C=O) groups is 1. The van der Waals surface area contributed by atoms with E-state index in [2.05, 4.69) is 5.32 Å². The monoisotopic (exact) mass is 341 g/mol. The summed E-state index contributed by atoms with van der Waals surface area (Å²) < 4.78 is 0. The van der Waals surface area contributed by atoms with Crippen molar-refractivity contribution >= 4 is 5.91 Å². The highest BCUT2D eigenvalue weighted by Crippen LogP contribution is 2.13. The van der Waals surface area contributed by atoms with Gasteiger partial charge in [0.05, 0.1) is 0 Å². The summed E-state index contributed by atoms with van der Waals surface area (Å²) in [5, 5.41) is 11.7. The second-order valence-electron chi connectivity index (χ2n) is 7.50. The number of nitrogens with one attached hydrogen (secondary N) is 1. The lowest BCUT2D eigenvalue weighted by Gasteiger charge is -2.07. The Balaban J connectivity index is 3.06. The molecule has 24 heavy (non-hydrogen) atoms. The third-order valence-electron chi connectivity index (χ3n) is 4.51. The van der Waals surface area contributed by atoms with Crippen LogP contribution in [0.2, 0.25) is 0 Å². The van der Waals surface area contributed by atoms with Gasteiger partial charge in [-0.2, -0.15) is 0 Å². The predicted octanol–water partition coefficient (Wildman–Crippen LogP) is 5.74. The summed E-state index contributed by atoms with van der Waals surface area (Å²) in [6.07, 6.45) is 20.0. The van der Waals surface area contributed by atoms with E-state index >= 15 is 0 Å². The average molecular weight is 342 g/mol. The number of amides is 1. The van der Waals surface area contributed by atoms with Gasteiger partial charge in [0.1, 0.15) is 0 Å². The molecule has 0 atom stereocenters. The van der Waals surface area contributed by atoms with E-state index in [1.54, 1.807) is 0 Å². The molecule has 0 saturated carbocycles. The molecule has 0 aliphatic carbocycles. The maximum Gasteiger partial charge on any atom is 0.220 e. The Labute approximate surface area is 151 Å². The fourth-order valence-corrected chi connectivity index (χ4v) is 3.09. The van der Waals surface area contributed by atoms with Crippen molar-refractivity contribution in [3.63, 3.8) is 0 Å². The molecule has 0 aliphatic heterocycles. The third kappa shape index (κ3) is 19.5. The van der Waals surface area contributed by atoms with Crippen molar-refractivity contribution < 1.29 is 9.90 Å². The van der Waals surface area contributed by atoms with Gasteiger partial charge in [-0.05, 0) is 26.7 Å². The van der Waals surface area contributed by atoms with Crippen molar-refractivity contribution in [1.29, 1.82) is 0 Å². The van der Waals surface area contributed by atoms with Crippen molar-refractivity contribution in [2.75, 3.05) is 6.61 Å². The molecule has 0 rings (SSSR count). The summed E-state index contributed by atoms with van der Waals surface area (Å²) in [4.78, 5) is 11.5. The van der Waals surface area contributed by atoms with Crippen LogP contribution in [-0.4, -0.2) is 23.7 Å². The van der Waals surface area contributed by atoms with Gasteiger partial charge < -0.3 is 10.4 Å². The van der Waals surface area contributed by atoms with Crippen LogP contribution in [0.15, 0.2) is 0 Å². The lowest BCUT2D eigenvalue weighted by molar-refractivity contribution is -0.121. The number of aliphatic hydroxyl groups excluding tert-OH is 1. The van der Waals surface area contributed by atoms with E-state index in [1.165, 1.54) is 83.5 Å². The summed E-state index contributed by atoms with van der Waals surface area (Å²) in [5.41, 5.74) is 0. The zero-order chi connectivity index (χ0) is 17.9. The molecule has 0 heterocycles. The van der Waals surface area contributed by atoms with Crippen LogP contribution in [0.3, 0.4) is 0 Å². The third-order valence-corrected chi connectivity index (χ3v) is 4.51. The lowest BCUT2D eigenvalue weighted by Crippen LogP contribution is -2.29. The lowest BCUT2D eigenvalue weighted by atomic mass is 10.0. The zero-order valence-electron chi connectivity index (χ0n) is 16.5. The summed E-state index contributed by atoms with van der Waals surface area (Å²) >= 11 is 0. The summed E-state index contributed by atoms with van der Waals surface area (Å²) in [6.45, 7) is 4.38. The number of unbranched alkanes of at least 4 members (excludes halogenated alkanes) is 14. The van der Waals surface area contributed by atoms with E-state index in [0.29, 0.717) is 13.0 Å². The maximum absolute atomic E-state index is 11.5. The molecule has 3 nitrogen and oxygen atoms in total. The van der Waals surface area contributed by atoms with Gasteiger partial charge in [-0.1, -0.05) is 83.5 Å². The molecule has 2 N–H and O–H groups in total. The van der Waals surface area contributed by atoms with Gasteiger partial charge in [0.2, 0.25) is 5.91 Å². The first kappa shape index (κ1) is 23.4. The van der Waals surface area contributed by atoms with Crippen LogP contribution in [0.1, 0.15) is 117 Å².